The molecule has 3 nitrogen and oxygen atoms in total. The van der Waals surface area contributed by atoms with Gasteiger partial charge in [0.15, 0.2) is 0 Å². The molecular weight excluding hydrogens is 260 g/mol. The molecule has 0 radical (unpaired) electrons. The van der Waals surface area contributed by atoms with Gasteiger partial charge in [0.2, 0.25) is 0 Å². The summed E-state index contributed by atoms with van der Waals surface area (Å²) in [7, 11) is 2.27. The van der Waals surface area contributed by atoms with E-state index in [2.05, 4.69) is 51.5 Å². The van der Waals surface area contributed by atoms with Gasteiger partial charge in [-0.1, -0.05) is 34.6 Å². The molecule has 0 aromatic carbocycles. The van der Waals surface area contributed by atoms with E-state index in [4.69, 9.17) is 4.74 Å². The number of hydrogen-bond acceptors (Lipinski definition) is 3. The number of hydrogen-bond donors (Lipinski definition) is 0. The lowest BCUT2D eigenvalue weighted by molar-refractivity contribution is 0.0318. The summed E-state index contributed by atoms with van der Waals surface area (Å²) in [5.74, 6) is 0. The van der Waals surface area contributed by atoms with Crippen LogP contribution in [0.2, 0.25) is 0 Å². The Bertz CT molecular complexity index is 277. The zero-order chi connectivity index (χ0) is 15.9. The smallest absolute Gasteiger partial charge is 0.0594 e. The second kappa shape index (κ2) is 8.50. The summed E-state index contributed by atoms with van der Waals surface area (Å²) >= 11 is 0. The topological polar surface area (TPSA) is 15.7 Å². The van der Waals surface area contributed by atoms with Crippen LogP contribution >= 0.6 is 0 Å². The highest BCUT2D eigenvalue weighted by atomic mass is 16.5. The molecule has 0 saturated carbocycles. The Hall–Kier alpha value is -0.120. The van der Waals surface area contributed by atoms with E-state index in [0.29, 0.717) is 10.8 Å². The van der Waals surface area contributed by atoms with E-state index in [1.54, 1.807) is 0 Å². The molecule has 0 aliphatic carbocycles. The van der Waals surface area contributed by atoms with Crippen molar-refractivity contribution in [2.75, 3.05) is 53.0 Å². The van der Waals surface area contributed by atoms with E-state index >= 15 is 0 Å². The summed E-state index contributed by atoms with van der Waals surface area (Å²) < 4.78 is 5.42. The Morgan fingerprint density at radius 3 is 2.05 bits per heavy atom. The van der Waals surface area contributed by atoms with Crippen LogP contribution in [-0.2, 0) is 4.74 Å². The van der Waals surface area contributed by atoms with Crippen LogP contribution in [0, 0.1) is 10.8 Å². The molecule has 0 N–H and O–H groups in total. The van der Waals surface area contributed by atoms with Gasteiger partial charge >= 0.3 is 0 Å². The molecule has 0 amide bonds. The van der Waals surface area contributed by atoms with Gasteiger partial charge in [0, 0.05) is 13.1 Å². The van der Waals surface area contributed by atoms with Crippen molar-refractivity contribution in [1.29, 1.82) is 0 Å². The van der Waals surface area contributed by atoms with Crippen LogP contribution in [0.15, 0.2) is 0 Å². The second-order valence-electron chi connectivity index (χ2n) is 8.73. The van der Waals surface area contributed by atoms with Crippen molar-refractivity contribution in [3.05, 3.63) is 0 Å². The molecule has 3 heteroatoms. The number of nitrogens with zero attached hydrogens (tertiary/aromatic N) is 2. The highest BCUT2D eigenvalue weighted by molar-refractivity contribution is 4.74. The SMILES string of the molecule is CN(CCC(C)(C)C)CCC(C)(C)CCN1CCOCC1. The Balaban J connectivity index is 2.18. The molecule has 0 atom stereocenters. The third-order valence-electron chi connectivity index (χ3n) is 4.62. The van der Waals surface area contributed by atoms with E-state index in [1.807, 2.05) is 0 Å². The van der Waals surface area contributed by atoms with Crippen molar-refractivity contribution in [1.82, 2.24) is 9.80 Å². The van der Waals surface area contributed by atoms with Gasteiger partial charge in [-0.25, -0.2) is 0 Å². The van der Waals surface area contributed by atoms with Gasteiger partial charge in [0.1, 0.15) is 0 Å². The Labute approximate surface area is 133 Å². The maximum Gasteiger partial charge on any atom is 0.0594 e. The summed E-state index contributed by atoms with van der Waals surface area (Å²) in [5, 5.41) is 0. The fraction of sp³-hybridized carbons (Fsp3) is 1.00. The molecule has 126 valence electrons. The van der Waals surface area contributed by atoms with Crippen molar-refractivity contribution < 1.29 is 4.74 Å². The number of ether oxygens (including phenoxy) is 1. The molecule has 1 heterocycles. The van der Waals surface area contributed by atoms with Gasteiger partial charge in [-0.05, 0) is 56.8 Å². The van der Waals surface area contributed by atoms with E-state index < -0.39 is 0 Å². The van der Waals surface area contributed by atoms with Gasteiger partial charge in [-0.2, -0.15) is 0 Å². The van der Waals surface area contributed by atoms with Gasteiger partial charge in [-0.15, -0.1) is 0 Å². The molecule has 0 bridgehead atoms. The summed E-state index contributed by atoms with van der Waals surface area (Å²) in [6.07, 6.45) is 3.86. The molecular formula is C18H38N2O. The first kappa shape index (κ1) is 18.9. The molecule has 0 unspecified atom stereocenters. The van der Waals surface area contributed by atoms with Gasteiger partial charge in [0.25, 0.3) is 0 Å². The van der Waals surface area contributed by atoms with Crippen LogP contribution < -0.4 is 0 Å². The quantitative estimate of drug-likeness (QED) is 0.682. The molecule has 1 rings (SSSR count). The van der Waals surface area contributed by atoms with Crippen molar-refractivity contribution >= 4 is 0 Å². The molecule has 1 aliphatic heterocycles. The summed E-state index contributed by atoms with van der Waals surface area (Å²) in [4.78, 5) is 5.05. The third-order valence-corrected chi connectivity index (χ3v) is 4.62. The molecule has 0 aromatic rings. The number of morpholine rings is 1. The fourth-order valence-electron chi connectivity index (χ4n) is 2.54. The van der Waals surface area contributed by atoms with Gasteiger partial charge < -0.3 is 9.64 Å². The van der Waals surface area contributed by atoms with Crippen molar-refractivity contribution in [3.8, 4) is 0 Å². The zero-order valence-electron chi connectivity index (χ0n) is 15.4. The first-order chi connectivity index (χ1) is 9.68. The summed E-state index contributed by atoms with van der Waals surface area (Å²) in [6.45, 7) is 19.5. The van der Waals surface area contributed by atoms with Crippen molar-refractivity contribution in [3.63, 3.8) is 0 Å². The standard InChI is InChI=1S/C18H38N2O/c1-17(2,3)7-10-19(6)11-8-18(4,5)9-12-20-13-15-21-16-14-20/h7-16H2,1-6H3. The Morgan fingerprint density at radius 1 is 0.905 bits per heavy atom. The lowest BCUT2D eigenvalue weighted by Gasteiger charge is -2.33. The molecule has 0 aromatic heterocycles. The van der Waals surface area contributed by atoms with E-state index in [9.17, 15) is 0 Å². The predicted molar refractivity (Wildman–Crippen MR) is 91.8 cm³/mol. The molecule has 0 spiro atoms. The van der Waals surface area contributed by atoms with Crippen LogP contribution in [-0.4, -0.2) is 62.8 Å². The molecule has 21 heavy (non-hydrogen) atoms. The maximum atomic E-state index is 5.42. The summed E-state index contributed by atoms with van der Waals surface area (Å²) in [5.41, 5.74) is 0.883. The zero-order valence-corrected chi connectivity index (χ0v) is 15.4. The van der Waals surface area contributed by atoms with Crippen LogP contribution in [0.25, 0.3) is 0 Å². The number of rotatable bonds is 8. The minimum absolute atomic E-state index is 0.439. The minimum atomic E-state index is 0.439. The highest BCUT2D eigenvalue weighted by Crippen LogP contribution is 2.26. The lowest BCUT2D eigenvalue weighted by atomic mass is 9.85. The van der Waals surface area contributed by atoms with Crippen LogP contribution in [0.3, 0.4) is 0 Å². The van der Waals surface area contributed by atoms with E-state index in [0.717, 1.165) is 26.3 Å². The van der Waals surface area contributed by atoms with Crippen LogP contribution in [0.5, 0.6) is 0 Å². The first-order valence-corrected chi connectivity index (χ1v) is 8.67. The van der Waals surface area contributed by atoms with Crippen LogP contribution in [0.1, 0.15) is 53.9 Å². The van der Waals surface area contributed by atoms with Gasteiger partial charge in [0.05, 0.1) is 13.2 Å². The second-order valence-corrected chi connectivity index (χ2v) is 8.73. The first-order valence-electron chi connectivity index (χ1n) is 8.67. The highest BCUT2D eigenvalue weighted by Gasteiger charge is 2.21. The van der Waals surface area contributed by atoms with Gasteiger partial charge in [-0.3, -0.25) is 4.90 Å². The average Bonchev–Trinajstić information content (AvgIpc) is 2.41. The van der Waals surface area contributed by atoms with Crippen molar-refractivity contribution in [2.24, 2.45) is 10.8 Å². The maximum absolute atomic E-state index is 5.42. The molecule has 1 aliphatic rings. The van der Waals surface area contributed by atoms with Crippen LogP contribution in [0.4, 0.5) is 0 Å². The minimum Gasteiger partial charge on any atom is -0.379 e. The summed E-state index contributed by atoms with van der Waals surface area (Å²) in [6, 6.07) is 0. The monoisotopic (exact) mass is 298 g/mol. The average molecular weight is 299 g/mol. The Morgan fingerprint density at radius 2 is 1.48 bits per heavy atom. The fourth-order valence-corrected chi connectivity index (χ4v) is 2.54. The lowest BCUT2D eigenvalue weighted by Crippen LogP contribution is -2.38. The third kappa shape index (κ3) is 9.49. The van der Waals surface area contributed by atoms with E-state index in [1.165, 1.54) is 38.9 Å². The molecule has 1 saturated heterocycles. The van der Waals surface area contributed by atoms with Crippen molar-refractivity contribution in [2.45, 2.75) is 53.9 Å². The van der Waals surface area contributed by atoms with E-state index in [-0.39, 0.29) is 0 Å². The Kier molecular flexibility index (Phi) is 7.66. The molecule has 1 fully saturated rings. The normalized spacial score (nSPS) is 18.4. The largest absolute Gasteiger partial charge is 0.379 e. The predicted octanol–water partition coefficient (Wildman–Crippen LogP) is 3.49.